The van der Waals surface area contributed by atoms with Crippen molar-refractivity contribution in [2.75, 3.05) is 26.4 Å². The molecule has 0 aliphatic carbocycles. The van der Waals surface area contributed by atoms with Crippen molar-refractivity contribution in [2.45, 2.75) is 44.2 Å². The topological polar surface area (TPSA) is 30.5 Å². The van der Waals surface area contributed by atoms with Gasteiger partial charge in [-0.05, 0) is 49.6 Å². The summed E-state index contributed by atoms with van der Waals surface area (Å²) in [6.07, 6.45) is 4.28. The van der Waals surface area contributed by atoms with Crippen LogP contribution in [-0.2, 0) is 9.47 Å². The lowest BCUT2D eigenvalue weighted by molar-refractivity contribution is -0.150. The van der Waals surface area contributed by atoms with Crippen LogP contribution in [0.25, 0.3) is 0 Å². The SMILES string of the molecule is CCNC(c1sccc1Cl)C1CCOC2(CCOCC2)C1. The van der Waals surface area contributed by atoms with Gasteiger partial charge in [-0.1, -0.05) is 18.5 Å². The molecule has 21 heavy (non-hydrogen) atoms. The maximum absolute atomic E-state index is 6.39. The molecule has 3 rings (SSSR count). The van der Waals surface area contributed by atoms with Gasteiger partial charge in [0, 0.05) is 30.7 Å². The summed E-state index contributed by atoms with van der Waals surface area (Å²) in [5, 5.41) is 6.65. The van der Waals surface area contributed by atoms with Crippen molar-refractivity contribution in [3.8, 4) is 0 Å². The van der Waals surface area contributed by atoms with Gasteiger partial charge < -0.3 is 14.8 Å². The van der Waals surface area contributed by atoms with Crippen molar-refractivity contribution >= 4 is 22.9 Å². The smallest absolute Gasteiger partial charge is 0.0729 e. The highest BCUT2D eigenvalue weighted by Gasteiger charge is 2.41. The first kappa shape index (κ1) is 15.8. The quantitative estimate of drug-likeness (QED) is 0.904. The Morgan fingerprint density at radius 1 is 1.43 bits per heavy atom. The summed E-state index contributed by atoms with van der Waals surface area (Å²) in [4.78, 5) is 1.28. The third-order valence-electron chi connectivity index (χ3n) is 4.76. The van der Waals surface area contributed by atoms with Crippen LogP contribution in [0.3, 0.4) is 0 Å². The van der Waals surface area contributed by atoms with E-state index in [0.717, 1.165) is 57.1 Å². The molecule has 3 nitrogen and oxygen atoms in total. The lowest BCUT2D eigenvalue weighted by Gasteiger charge is -2.45. The fourth-order valence-electron chi connectivity index (χ4n) is 3.66. The van der Waals surface area contributed by atoms with Gasteiger partial charge >= 0.3 is 0 Å². The highest BCUT2D eigenvalue weighted by atomic mass is 35.5. The Labute approximate surface area is 136 Å². The fraction of sp³-hybridized carbons (Fsp3) is 0.750. The summed E-state index contributed by atoms with van der Waals surface area (Å²) in [6, 6.07) is 2.36. The Bertz CT molecular complexity index is 453. The normalized spacial score (nSPS) is 26.9. The van der Waals surface area contributed by atoms with Crippen LogP contribution in [0.4, 0.5) is 0 Å². The van der Waals surface area contributed by atoms with E-state index in [-0.39, 0.29) is 5.60 Å². The van der Waals surface area contributed by atoms with Crippen molar-refractivity contribution in [3.63, 3.8) is 0 Å². The fourth-order valence-corrected chi connectivity index (χ4v) is 5.01. The molecule has 2 fully saturated rings. The predicted octanol–water partition coefficient (Wildman–Crippen LogP) is 4.03. The van der Waals surface area contributed by atoms with E-state index in [0.29, 0.717) is 12.0 Å². The monoisotopic (exact) mass is 329 g/mol. The lowest BCUT2D eigenvalue weighted by Crippen LogP contribution is -2.46. The Balaban J connectivity index is 1.77. The lowest BCUT2D eigenvalue weighted by atomic mass is 9.77. The van der Waals surface area contributed by atoms with Crippen LogP contribution in [0.2, 0.25) is 5.02 Å². The molecule has 0 aromatic carbocycles. The van der Waals surface area contributed by atoms with Gasteiger partial charge in [-0.2, -0.15) is 0 Å². The summed E-state index contributed by atoms with van der Waals surface area (Å²) in [7, 11) is 0. The van der Waals surface area contributed by atoms with E-state index >= 15 is 0 Å². The molecule has 3 heterocycles. The summed E-state index contributed by atoms with van der Waals surface area (Å²) in [5.41, 5.74) is 0.0403. The zero-order chi connectivity index (χ0) is 14.7. The molecule has 1 aromatic heterocycles. The molecule has 2 atom stereocenters. The summed E-state index contributed by atoms with van der Waals surface area (Å²) in [6.45, 7) is 5.65. The van der Waals surface area contributed by atoms with Crippen LogP contribution >= 0.6 is 22.9 Å². The van der Waals surface area contributed by atoms with Crippen LogP contribution in [-0.4, -0.2) is 32.0 Å². The first-order chi connectivity index (χ1) is 10.2. The van der Waals surface area contributed by atoms with Gasteiger partial charge in [0.15, 0.2) is 0 Å². The number of thiophene rings is 1. The minimum absolute atomic E-state index is 0.0403. The maximum Gasteiger partial charge on any atom is 0.0729 e. The van der Waals surface area contributed by atoms with Crippen molar-refractivity contribution in [1.29, 1.82) is 0 Å². The number of halogens is 1. The molecule has 1 spiro atoms. The molecular weight excluding hydrogens is 306 g/mol. The van der Waals surface area contributed by atoms with E-state index in [9.17, 15) is 0 Å². The average Bonchev–Trinajstić information content (AvgIpc) is 2.91. The highest BCUT2D eigenvalue weighted by Crippen LogP contribution is 2.44. The van der Waals surface area contributed by atoms with E-state index < -0.39 is 0 Å². The van der Waals surface area contributed by atoms with E-state index in [4.69, 9.17) is 21.1 Å². The minimum atomic E-state index is 0.0403. The van der Waals surface area contributed by atoms with Crippen LogP contribution in [0, 0.1) is 5.92 Å². The van der Waals surface area contributed by atoms with Crippen LogP contribution < -0.4 is 5.32 Å². The molecule has 2 unspecified atom stereocenters. The second-order valence-corrected chi connectivity index (χ2v) is 7.42. The van der Waals surface area contributed by atoms with Gasteiger partial charge in [0.05, 0.1) is 10.6 Å². The second-order valence-electron chi connectivity index (χ2n) is 6.06. The van der Waals surface area contributed by atoms with Crippen molar-refractivity contribution in [2.24, 2.45) is 5.92 Å². The van der Waals surface area contributed by atoms with Crippen molar-refractivity contribution < 1.29 is 9.47 Å². The zero-order valence-electron chi connectivity index (χ0n) is 12.6. The first-order valence-electron chi connectivity index (χ1n) is 7.92. The molecule has 118 valence electrons. The van der Waals surface area contributed by atoms with E-state index in [1.165, 1.54) is 4.88 Å². The summed E-state index contributed by atoms with van der Waals surface area (Å²) in [5.74, 6) is 0.591. The number of ether oxygens (including phenoxy) is 2. The summed E-state index contributed by atoms with van der Waals surface area (Å²) >= 11 is 8.15. The predicted molar refractivity (Wildman–Crippen MR) is 87.2 cm³/mol. The van der Waals surface area contributed by atoms with Gasteiger partial charge in [-0.15, -0.1) is 11.3 Å². The van der Waals surface area contributed by atoms with Crippen LogP contribution in [0.5, 0.6) is 0 Å². The molecule has 5 heteroatoms. The van der Waals surface area contributed by atoms with E-state index in [1.807, 2.05) is 6.07 Å². The summed E-state index contributed by atoms with van der Waals surface area (Å²) < 4.78 is 11.7. The molecule has 2 saturated heterocycles. The van der Waals surface area contributed by atoms with Gasteiger partial charge in [-0.25, -0.2) is 0 Å². The molecule has 0 saturated carbocycles. The Kier molecular flexibility index (Phi) is 5.23. The molecule has 1 N–H and O–H groups in total. The van der Waals surface area contributed by atoms with E-state index in [1.54, 1.807) is 11.3 Å². The number of hydrogen-bond donors (Lipinski definition) is 1. The molecule has 1 aromatic rings. The molecule has 2 aliphatic rings. The van der Waals surface area contributed by atoms with E-state index in [2.05, 4.69) is 17.6 Å². The Hall–Kier alpha value is -0.130. The van der Waals surface area contributed by atoms with Crippen molar-refractivity contribution in [3.05, 3.63) is 21.3 Å². The third kappa shape index (κ3) is 3.45. The highest BCUT2D eigenvalue weighted by molar-refractivity contribution is 7.10. The van der Waals surface area contributed by atoms with Crippen LogP contribution in [0.15, 0.2) is 11.4 Å². The molecule has 2 aliphatic heterocycles. The number of nitrogens with one attached hydrogen (secondary N) is 1. The molecular formula is C16H24ClNO2S. The zero-order valence-corrected chi connectivity index (χ0v) is 14.1. The van der Waals surface area contributed by atoms with Crippen LogP contribution in [0.1, 0.15) is 43.5 Å². The first-order valence-corrected chi connectivity index (χ1v) is 9.18. The molecule has 0 bridgehead atoms. The standard InChI is InChI=1S/C16H24ClNO2S/c1-2-18-14(15-13(17)4-10-21-15)12-3-7-20-16(11-12)5-8-19-9-6-16/h4,10,12,14,18H,2-3,5-9,11H2,1H3. The third-order valence-corrected chi connectivity index (χ3v) is 6.20. The molecule has 0 amide bonds. The van der Waals surface area contributed by atoms with Gasteiger partial charge in [0.1, 0.15) is 0 Å². The number of rotatable bonds is 4. The van der Waals surface area contributed by atoms with Gasteiger partial charge in [-0.3, -0.25) is 0 Å². The maximum atomic E-state index is 6.39. The second kappa shape index (κ2) is 6.97. The van der Waals surface area contributed by atoms with Gasteiger partial charge in [0.25, 0.3) is 0 Å². The largest absolute Gasteiger partial charge is 0.381 e. The Morgan fingerprint density at radius 2 is 2.24 bits per heavy atom. The van der Waals surface area contributed by atoms with Crippen molar-refractivity contribution in [1.82, 2.24) is 5.32 Å². The average molecular weight is 330 g/mol. The number of hydrogen-bond acceptors (Lipinski definition) is 4. The minimum Gasteiger partial charge on any atom is -0.381 e. The van der Waals surface area contributed by atoms with Gasteiger partial charge in [0.2, 0.25) is 0 Å². The molecule has 0 radical (unpaired) electrons. The Morgan fingerprint density at radius 3 is 2.90 bits per heavy atom.